The van der Waals surface area contributed by atoms with Gasteiger partial charge in [0, 0.05) is 5.92 Å². The Labute approximate surface area is 73.6 Å². The van der Waals surface area contributed by atoms with Crippen molar-refractivity contribution in [3.63, 3.8) is 0 Å². The minimum Gasteiger partial charge on any atom is -0.469 e. The third-order valence-corrected chi connectivity index (χ3v) is 2.81. The second-order valence-corrected chi connectivity index (χ2v) is 3.61. The molecule has 0 saturated heterocycles. The van der Waals surface area contributed by atoms with Crippen LogP contribution in [0, 0.1) is 5.92 Å². The number of rotatable bonds is 2. The van der Waals surface area contributed by atoms with E-state index in [1.807, 2.05) is 0 Å². The van der Waals surface area contributed by atoms with E-state index in [4.69, 9.17) is 0 Å². The van der Waals surface area contributed by atoms with E-state index in [1.54, 1.807) is 5.51 Å². The summed E-state index contributed by atoms with van der Waals surface area (Å²) < 4.78 is 4.62. The molecule has 1 aromatic rings. The Morgan fingerprint density at radius 1 is 1.83 bits per heavy atom. The topological polar surface area (TPSA) is 52.1 Å². The van der Waals surface area contributed by atoms with Crippen molar-refractivity contribution in [1.29, 1.82) is 0 Å². The van der Waals surface area contributed by atoms with Crippen LogP contribution < -0.4 is 0 Å². The lowest BCUT2D eigenvalue weighted by Crippen LogP contribution is -2.03. The van der Waals surface area contributed by atoms with Crippen LogP contribution in [0.4, 0.5) is 0 Å². The van der Waals surface area contributed by atoms with Gasteiger partial charge in [-0.2, -0.15) is 0 Å². The minimum absolute atomic E-state index is 0.0305. The van der Waals surface area contributed by atoms with Crippen molar-refractivity contribution >= 4 is 17.3 Å². The Morgan fingerprint density at radius 3 is 3.25 bits per heavy atom. The van der Waals surface area contributed by atoms with E-state index >= 15 is 0 Å². The van der Waals surface area contributed by atoms with Crippen molar-refractivity contribution in [2.24, 2.45) is 5.92 Å². The summed E-state index contributed by atoms with van der Waals surface area (Å²) in [5.74, 6) is 0.170. The molecule has 1 saturated carbocycles. The Balaban J connectivity index is 2.01. The molecule has 0 amide bonds. The van der Waals surface area contributed by atoms with E-state index in [0.717, 1.165) is 11.4 Å². The van der Waals surface area contributed by atoms with E-state index in [0.29, 0.717) is 0 Å². The molecule has 1 fully saturated rings. The summed E-state index contributed by atoms with van der Waals surface area (Å²) >= 11 is 1.50. The van der Waals surface area contributed by atoms with Gasteiger partial charge in [-0.25, -0.2) is 0 Å². The monoisotopic (exact) mass is 184 g/mol. The van der Waals surface area contributed by atoms with E-state index in [2.05, 4.69) is 14.9 Å². The van der Waals surface area contributed by atoms with Gasteiger partial charge >= 0.3 is 5.97 Å². The van der Waals surface area contributed by atoms with Crippen molar-refractivity contribution in [3.8, 4) is 0 Å². The van der Waals surface area contributed by atoms with Gasteiger partial charge in [-0.15, -0.1) is 21.5 Å². The average molecular weight is 184 g/mol. The zero-order valence-corrected chi connectivity index (χ0v) is 7.37. The summed E-state index contributed by atoms with van der Waals surface area (Å²) in [5.41, 5.74) is 1.68. The number of esters is 1. The SMILES string of the molecule is COC(=O)[C@@H]1C[C@H]1c1nncs1. The summed E-state index contributed by atoms with van der Waals surface area (Å²) in [6, 6.07) is 0. The van der Waals surface area contributed by atoms with Gasteiger partial charge in [0.15, 0.2) is 0 Å². The van der Waals surface area contributed by atoms with Crippen molar-refractivity contribution in [3.05, 3.63) is 10.5 Å². The average Bonchev–Trinajstić information content (AvgIpc) is 2.71. The van der Waals surface area contributed by atoms with Gasteiger partial charge in [0.25, 0.3) is 0 Å². The highest BCUT2D eigenvalue weighted by Gasteiger charge is 2.46. The zero-order valence-electron chi connectivity index (χ0n) is 6.56. The van der Waals surface area contributed by atoms with Crippen LogP contribution in [-0.4, -0.2) is 23.3 Å². The molecule has 12 heavy (non-hydrogen) atoms. The minimum atomic E-state index is -0.129. The third-order valence-electron chi connectivity index (χ3n) is 1.99. The van der Waals surface area contributed by atoms with Crippen molar-refractivity contribution < 1.29 is 9.53 Å². The fourth-order valence-electron chi connectivity index (χ4n) is 1.22. The van der Waals surface area contributed by atoms with E-state index < -0.39 is 0 Å². The van der Waals surface area contributed by atoms with Gasteiger partial charge < -0.3 is 4.74 Å². The predicted octanol–water partition coefficient (Wildman–Crippen LogP) is 0.815. The smallest absolute Gasteiger partial charge is 0.309 e. The number of ether oxygens (including phenoxy) is 1. The standard InChI is InChI=1S/C7H8N2O2S/c1-11-7(10)5-2-4(5)6-9-8-3-12-6/h3-5H,2H2,1H3/t4-,5-/m1/s1. The summed E-state index contributed by atoms with van der Waals surface area (Å²) in [6.45, 7) is 0. The van der Waals surface area contributed by atoms with Gasteiger partial charge in [-0.05, 0) is 6.42 Å². The molecule has 0 aliphatic heterocycles. The maximum atomic E-state index is 11.0. The molecule has 0 bridgehead atoms. The van der Waals surface area contributed by atoms with E-state index in [9.17, 15) is 4.79 Å². The second kappa shape index (κ2) is 2.82. The van der Waals surface area contributed by atoms with Crippen LogP contribution in [0.3, 0.4) is 0 Å². The quantitative estimate of drug-likeness (QED) is 0.638. The van der Waals surface area contributed by atoms with Crippen molar-refractivity contribution in [2.45, 2.75) is 12.3 Å². The van der Waals surface area contributed by atoms with Crippen molar-refractivity contribution in [2.75, 3.05) is 7.11 Å². The van der Waals surface area contributed by atoms with Crippen LogP contribution in [0.25, 0.3) is 0 Å². The Kier molecular flexibility index (Phi) is 1.80. The fourth-order valence-corrected chi connectivity index (χ4v) is 1.95. The van der Waals surface area contributed by atoms with Crippen LogP contribution >= 0.6 is 11.3 Å². The number of hydrogen-bond acceptors (Lipinski definition) is 5. The molecular formula is C7H8N2O2S. The molecule has 1 aromatic heterocycles. The summed E-state index contributed by atoms with van der Waals surface area (Å²) in [4.78, 5) is 11.0. The maximum absolute atomic E-state index is 11.0. The summed E-state index contributed by atoms with van der Waals surface area (Å²) in [5, 5.41) is 8.57. The second-order valence-electron chi connectivity index (χ2n) is 2.75. The zero-order chi connectivity index (χ0) is 8.55. The first-order chi connectivity index (χ1) is 5.83. The highest BCUT2D eigenvalue weighted by molar-refractivity contribution is 7.09. The molecule has 0 radical (unpaired) electrons. The molecule has 0 unspecified atom stereocenters. The first-order valence-electron chi connectivity index (χ1n) is 3.67. The predicted molar refractivity (Wildman–Crippen MR) is 42.8 cm³/mol. The number of nitrogens with zero attached hydrogens (tertiary/aromatic N) is 2. The summed E-state index contributed by atoms with van der Waals surface area (Å²) in [7, 11) is 1.41. The Hall–Kier alpha value is -0.970. The lowest BCUT2D eigenvalue weighted by Gasteiger charge is -1.93. The molecule has 2 atom stereocenters. The largest absolute Gasteiger partial charge is 0.469 e. The summed E-state index contributed by atoms with van der Waals surface area (Å²) in [6.07, 6.45) is 0.863. The maximum Gasteiger partial charge on any atom is 0.309 e. The van der Waals surface area contributed by atoms with Gasteiger partial charge in [-0.3, -0.25) is 4.79 Å². The first-order valence-corrected chi connectivity index (χ1v) is 4.54. The highest BCUT2D eigenvalue weighted by atomic mass is 32.1. The van der Waals surface area contributed by atoms with Gasteiger partial charge in [-0.1, -0.05) is 0 Å². The lowest BCUT2D eigenvalue weighted by atomic mass is 10.3. The Bertz CT molecular complexity index is 286. The van der Waals surface area contributed by atoms with Gasteiger partial charge in [0.1, 0.15) is 10.5 Å². The molecule has 0 spiro atoms. The van der Waals surface area contributed by atoms with Crippen LogP contribution in [0.5, 0.6) is 0 Å². The molecule has 1 aliphatic carbocycles. The van der Waals surface area contributed by atoms with Crippen LogP contribution in [0.15, 0.2) is 5.51 Å². The molecule has 2 rings (SSSR count). The molecule has 0 N–H and O–H groups in total. The molecule has 5 heteroatoms. The Morgan fingerprint density at radius 2 is 2.67 bits per heavy atom. The molecule has 4 nitrogen and oxygen atoms in total. The van der Waals surface area contributed by atoms with E-state index in [1.165, 1.54) is 18.4 Å². The van der Waals surface area contributed by atoms with Crippen molar-refractivity contribution in [1.82, 2.24) is 10.2 Å². The first kappa shape index (κ1) is 7.67. The fraction of sp³-hybridized carbons (Fsp3) is 0.571. The molecule has 0 aromatic carbocycles. The number of carbonyl (C=O) groups excluding carboxylic acids is 1. The highest BCUT2D eigenvalue weighted by Crippen LogP contribution is 2.48. The molecular weight excluding hydrogens is 176 g/mol. The molecule has 64 valence electrons. The lowest BCUT2D eigenvalue weighted by molar-refractivity contribution is -0.142. The van der Waals surface area contributed by atoms with Crippen LogP contribution in [-0.2, 0) is 9.53 Å². The van der Waals surface area contributed by atoms with Crippen LogP contribution in [0.1, 0.15) is 17.3 Å². The number of aromatic nitrogens is 2. The normalized spacial score (nSPS) is 26.8. The third kappa shape index (κ3) is 1.20. The van der Waals surface area contributed by atoms with E-state index in [-0.39, 0.29) is 17.8 Å². The van der Waals surface area contributed by atoms with Gasteiger partial charge in [0.05, 0.1) is 13.0 Å². The molecule has 1 heterocycles. The number of methoxy groups -OCH3 is 1. The van der Waals surface area contributed by atoms with Gasteiger partial charge in [0.2, 0.25) is 0 Å². The number of hydrogen-bond donors (Lipinski definition) is 0. The number of carbonyl (C=O) groups is 1. The molecule has 1 aliphatic rings. The van der Waals surface area contributed by atoms with Crippen LogP contribution in [0.2, 0.25) is 0 Å².